The van der Waals surface area contributed by atoms with Crippen molar-refractivity contribution >= 4 is 17.7 Å². The minimum absolute atomic E-state index is 0.0163. The molecule has 3 unspecified atom stereocenters. The molecule has 0 bridgehead atoms. The van der Waals surface area contributed by atoms with E-state index in [2.05, 4.69) is 0 Å². The average molecular weight is 280 g/mol. The van der Waals surface area contributed by atoms with Gasteiger partial charge in [0.15, 0.2) is 0 Å². The van der Waals surface area contributed by atoms with E-state index in [9.17, 15) is 14.4 Å². The predicted molar refractivity (Wildman–Crippen MR) is 71.2 cm³/mol. The van der Waals surface area contributed by atoms with Gasteiger partial charge in [0.1, 0.15) is 5.78 Å². The molecule has 0 amide bonds. The molecule has 0 aliphatic heterocycles. The second-order valence-corrected chi connectivity index (χ2v) is 6.08. The number of hydrogen-bond donors (Lipinski definition) is 2. The molecule has 0 radical (unpaired) electrons. The van der Waals surface area contributed by atoms with Crippen LogP contribution in [0, 0.1) is 17.3 Å². The van der Waals surface area contributed by atoms with Crippen LogP contribution in [0.25, 0.3) is 0 Å². The number of ketones is 1. The molecule has 0 spiro atoms. The average Bonchev–Trinajstić information content (AvgIpc) is 2.64. The summed E-state index contributed by atoms with van der Waals surface area (Å²) < 4.78 is 0. The van der Waals surface area contributed by atoms with E-state index >= 15 is 0 Å². The van der Waals surface area contributed by atoms with Gasteiger partial charge in [0.05, 0.1) is 0 Å². The van der Waals surface area contributed by atoms with E-state index in [0.29, 0.717) is 25.7 Å². The molecule has 2 saturated carbocycles. The van der Waals surface area contributed by atoms with Gasteiger partial charge < -0.3 is 10.2 Å². The molecule has 5 nitrogen and oxygen atoms in total. The van der Waals surface area contributed by atoms with E-state index in [-0.39, 0.29) is 29.5 Å². The Labute approximate surface area is 117 Å². The van der Waals surface area contributed by atoms with Crippen molar-refractivity contribution < 1.29 is 24.6 Å². The van der Waals surface area contributed by atoms with Gasteiger partial charge in [-0.25, -0.2) is 4.79 Å². The molecule has 110 valence electrons. The highest BCUT2D eigenvalue weighted by Crippen LogP contribution is 2.55. The van der Waals surface area contributed by atoms with E-state index in [1.807, 2.05) is 6.92 Å². The normalized spacial score (nSPS) is 35.0. The van der Waals surface area contributed by atoms with E-state index < -0.39 is 11.9 Å². The van der Waals surface area contributed by atoms with Gasteiger partial charge in [0.25, 0.3) is 0 Å². The smallest absolute Gasteiger partial charge is 0.328 e. The number of allylic oxidation sites excluding steroid dienone is 1. The van der Waals surface area contributed by atoms with Gasteiger partial charge in [-0.3, -0.25) is 9.59 Å². The number of aliphatic carboxylic acids is 2. The van der Waals surface area contributed by atoms with Gasteiger partial charge >= 0.3 is 11.9 Å². The number of carbonyl (C=O) groups excluding carboxylic acids is 1. The van der Waals surface area contributed by atoms with E-state index in [1.165, 1.54) is 6.08 Å². The summed E-state index contributed by atoms with van der Waals surface area (Å²) >= 11 is 0. The third-order valence-electron chi connectivity index (χ3n) is 5.01. The molecule has 0 heterocycles. The first kappa shape index (κ1) is 14.8. The van der Waals surface area contributed by atoms with Crippen LogP contribution in [0.15, 0.2) is 11.6 Å². The minimum Gasteiger partial charge on any atom is -0.481 e. The molecule has 2 N–H and O–H groups in total. The SMILES string of the molecule is CC12CC/C(=C\C(=O)O)C(CCC(=O)O)C1CCC2=O. The van der Waals surface area contributed by atoms with Crippen LogP contribution in [-0.2, 0) is 14.4 Å². The number of Topliss-reactive ketones (excluding diaryl/α,β-unsaturated/α-hetero) is 1. The van der Waals surface area contributed by atoms with Crippen LogP contribution in [0.5, 0.6) is 0 Å². The Morgan fingerprint density at radius 1 is 1.35 bits per heavy atom. The van der Waals surface area contributed by atoms with Crippen LogP contribution in [0.3, 0.4) is 0 Å². The van der Waals surface area contributed by atoms with Crippen LogP contribution >= 0.6 is 0 Å². The summed E-state index contributed by atoms with van der Waals surface area (Å²) in [7, 11) is 0. The van der Waals surface area contributed by atoms with Crippen LogP contribution in [0.4, 0.5) is 0 Å². The predicted octanol–water partition coefficient (Wildman–Crippen LogP) is 2.26. The standard InChI is InChI=1S/C15H20O5/c1-15-7-6-9(8-14(19)20)10(2-5-13(17)18)11(15)3-4-12(15)16/h8,10-11H,2-7H2,1H3,(H,17,18)(H,19,20)/b9-8+. The molecule has 5 heteroatoms. The Morgan fingerprint density at radius 3 is 2.65 bits per heavy atom. The molecular formula is C15H20O5. The topological polar surface area (TPSA) is 91.7 Å². The van der Waals surface area contributed by atoms with Crippen molar-refractivity contribution in [2.45, 2.75) is 45.4 Å². The lowest BCUT2D eigenvalue weighted by atomic mass is 9.61. The molecule has 0 saturated heterocycles. The van der Waals surface area contributed by atoms with Gasteiger partial charge in [-0.05, 0) is 37.5 Å². The Bertz CT molecular complexity index is 479. The van der Waals surface area contributed by atoms with Crippen molar-refractivity contribution in [3.8, 4) is 0 Å². The number of carbonyl (C=O) groups is 3. The number of hydrogen-bond acceptors (Lipinski definition) is 3. The van der Waals surface area contributed by atoms with Crippen molar-refractivity contribution in [2.75, 3.05) is 0 Å². The highest BCUT2D eigenvalue weighted by atomic mass is 16.4. The maximum absolute atomic E-state index is 12.1. The first-order valence-electron chi connectivity index (χ1n) is 7.03. The quantitative estimate of drug-likeness (QED) is 0.771. The van der Waals surface area contributed by atoms with Crippen molar-refractivity contribution in [3.63, 3.8) is 0 Å². The van der Waals surface area contributed by atoms with Crippen LogP contribution < -0.4 is 0 Å². The molecular weight excluding hydrogens is 260 g/mol. The van der Waals surface area contributed by atoms with E-state index in [0.717, 1.165) is 12.0 Å². The maximum Gasteiger partial charge on any atom is 0.328 e. The Morgan fingerprint density at radius 2 is 2.05 bits per heavy atom. The fraction of sp³-hybridized carbons (Fsp3) is 0.667. The monoisotopic (exact) mass is 280 g/mol. The zero-order valence-corrected chi connectivity index (χ0v) is 11.6. The second kappa shape index (κ2) is 5.38. The zero-order chi connectivity index (χ0) is 14.9. The van der Waals surface area contributed by atoms with Gasteiger partial charge in [-0.15, -0.1) is 0 Å². The third-order valence-corrected chi connectivity index (χ3v) is 5.01. The van der Waals surface area contributed by atoms with E-state index in [1.54, 1.807) is 0 Å². The van der Waals surface area contributed by atoms with Crippen LogP contribution in [0.2, 0.25) is 0 Å². The molecule has 0 aromatic carbocycles. The Balaban J connectivity index is 2.27. The first-order chi connectivity index (χ1) is 9.34. The summed E-state index contributed by atoms with van der Waals surface area (Å²) in [6.45, 7) is 1.96. The zero-order valence-electron chi connectivity index (χ0n) is 11.6. The molecule has 2 aliphatic carbocycles. The second-order valence-electron chi connectivity index (χ2n) is 6.08. The lowest BCUT2D eigenvalue weighted by Gasteiger charge is -2.42. The molecule has 2 fully saturated rings. The summed E-state index contributed by atoms with van der Waals surface area (Å²) in [5, 5.41) is 17.8. The largest absolute Gasteiger partial charge is 0.481 e. The lowest BCUT2D eigenvalue weighted by molar-refractivity contribution is -0.137. The first-order valence-corrected chi connectivity index (χ1v) is 7.03. The van der Waals surface area contributed by atoms with Crippen LogP contribution in [0.1, 0.15) is 45.4 Å². The van der Waals surface area contributed by atoms with Gasteiger partial charge in [0, 0.05) is 24.3 Å². The molecule has 2 aliphatic rings. The number of fused-ring (bicyclic) bond motifs is 1. The van der Waals surface area contributed by atoms with Gasteiger partial charge in [0.2, 0.25) is 0 Å². The highest BCUT2D eigenvalue weighted by molar-refractivity contribution is 5.87. The van der Waals surface area contributed by atoms with Gasteiger partial charge in [-0.2, -0.15) is 0 Å². The summed E-state index contributed by atoms with van der Waals surface area (Å²) in [5.41, 5.74) is 0.412. The molecule has 2 rings (SSSR count). The molecule has 0 aromatic heterocycles. The third kappa shape index (κ3) is 2.62. The van der Waals surface area contributed by atoms with Crippen molar-refractivity contribution in [2.24, 2.45) is 17.3 Å². The summed E-state index contributed by atoms with van der Waals surface area (Å²) in [4.78, 5) is 33.8. The summed E-state index contributed by atoms with van der Waals surface area (Å²) in [6.07, 6.45) is 4.19. The Hall–Kier alpha value is -1.65. The number of carboxylic acids is 2. The maximum atomic E-state index is 12.1. The van der Waals surface area contributed by atoms with Crippen molar-refractivity contribution in [1.82, 2.24) is 0 Å². The fourth-order valence-electron chi connectivity index (χ4n) is 3.92. The number of carboxylic acid groups (broad SMARTS) is 2. The number of rotatable bonds is 4. The van der Waals surface area contributed by atoms with Gasteiger partial charge in [-0.1, -0.05) is 12.5 Å². The van der Waals surface area contributed by atoms with Crippen molar-refractivity contribution in [1.29, 1.82) is 0 Å². The summed E-state index contributed by atoms with van der Waals surface area (Å²) in [6, 6.07) is 0. The summed E-state index contributed by atoms with van der Waals surface area (Å²) in [5.74, 6) is -1.62. The van der Waals surface area contributed by atoms with Crippen LogP contribution in [-0.4, -0.2) is 27.9 Å². The lowest BCUT2D eigenvalue weighted by Crippen LogP contribution is -2.38. The Kier molecular flexibility index (Phi) is 3.97. The highest BCUT2D eigenvalue weighted by Gasteiger charge is 2.52. The van der Waals surface area contributed by atoms with Crippen molar-refractivity contribution in [3.05, 3.63) is 11.6 Å². The molecule has 3 atom stereocenters. The molecule has 0 aromatic rings. The van der Waals surface area contributed by atoms with E-state index in [4.69, 9.17) is 10.2 Å². The molecule has 20 heavy (non-hydrogen) atoms. The fourth-order valence-corrected chi connectivity index (χ4v) is 3.92. The minimum atomic E-state index is -0.992.